The van der Waals surface area contributed by atoms with Crippen molar-refractivity contribution in [2.75, 3.05) is 11.3 Å². The van der Waals surface area contributed by atoms with E-state index < -0.39 is 21.2 Å². The van der Waals surface area contributed by atoms with Gasteiger partial charge in [0.05, 0.1) is 22.9 Å². The van der Waals surface area contributed by atoms with Gasteiger partial charge in [-0.1, -0.05) is 33.6 Å². The summed E-state index contributed by atoms with van der Waals surface area (Å²) in [7, 11) is -3.80. The van der Waals surface area contributed by atoms with Crippen LogP contribution in [-0.4, -0.2) is 26.2 Å². The van der Waals surface area contributed by atoms with E-state index in [2.05, 4.69) is 20.7 Å². The average Bonchev–Trinajstić information content (AvgIpc) is 2.50. The van der Waals surface area contributed by atoms with Gasteiger partial charge in [-0.25, -0.2) is 13.2 Å². The fourth-order valence-electron chi connectivity index (χ4n) is 2.40. The van der Waals surface area contributed by atoms with Crippen LogP contribution >= 0.6 is 27.5 Å². The first-order chi connectivity index (χ1) is 10.8. The number of benzene rings is 1. The molecular weight excluding hydrogens is 406 g/mol. The summed E-state index contributed by atoms with van der Waals surface area (Å²) in [5.41, 5.74) is 0.475. The van der Waals surface area contributed by atoms with Crippen molar-refractivity contribution in [2.24, 2.45) is 0 Å². The third-order valence-corrected chi connectivity index (χ3v) is 6.00. The summed E-state index contributed by atoms with van der Waals surface area (Å²) in [4.78, 5) is 12.0. The number of rotatable bonds is 5. The highest BCUT2D eigenvalue weighted by atomic mass is 79.9. The lowest BCUT2D eigenvalue weighted by atomic mass is 9.99. The highest BCUT2D eigenvalue weighted by molar-refractivity contribution is 9.10. The van der Waals surface area contributed by atoms with Crippen LogP contribution in [0.15, 0.2) is 34.3 Å². The van der Waals surface area contributed by atoms with Crippen molar-refractivity contribution in [2.45, 2.75) is 31.4 Å². The lowest BCUT2D eigenvalue weighted by Gasteiger charge is -2.24. The van der Waals surface area contributed by atoms with Crippen molar-refractivity contribution in [1.29, 1.82) is 0 Å². The summed E-state index contributed by atoms with van der Waals surface area (Å²) >= 11 is 9.33. The zero-order valence-electron chi connectivity index (χ0n) is 12.5. The van der Waals surface area contributed by atoms with Crippen LogP contribution in [0.4, 0.5) is 5.69 Å². The Bertz CT molecular complexity index is 733. The molecule has 1 N–H and O–H groups in total. The second-order valence-electron chi connectivity index (χ2n) is 5.07. The minimum absolute atomic E-state index is 0.193. The SMILES string of the molecule is CCOC(=O)C1=CCCCC1S(=O)(=O)Nc1ccc(Br)cc1Cl. The molecule has 0 saturated carbocycles. The highest BCUT2D eigenvalue weighted by Gasteiger charge is 2.35. The molecule has 0 amide bonds. The van der Waals surface area contributed by atoms with E-state index in [-0.39, 0.29) is 22.9 Å². The van der Waals surface area contributed by atoms with Crippen molar-refractivity contribution in [3.8, 4) is 0 Å². The zero-order valence-corrected chi connectivity index (χ0v) is 15.7. The van der Waals surface area contributed by atoms with Gasteiger partial charge in [0.2, 0.25) is 10.0 Å². The molecule has 5 nitrogen and oxygen atoms in total. The third kappa shape index (κ3) is 4.49. The first-order valence-corrected chi connectivity index (χ1v) is 9.90. The minimum Gasteiger partial charge on any atom is -0.463 e. The monoisotopic (exact) mass is 421 g/mol. The van der Waals surface area contributed by atoms with Crippen LogP contribution in [0.5, 0.6) is 0 Å². The van der Waals surface area contributed by atoms with Crippen molar-refractivity contribution in [3.63, 3.8) is 0 Å². The van der Waals surface area contributed by atoms with Crippen molar-refractivity contribution < 1.29 is 17.9 Å². The van der Waals surface area contributed by atoms with Gasteiger partial charge in [0, 0.05) is 4.47 Å². The molecule has 23 heavy (non-hydrogen) atoms. The van der Waals surface area contributed by atoms with E-state index in [0.717, 1.165) is 4.47 Å². The number of esters is 1. The van der Waals surface area contributed by atoms with Gasteiger partial charge in [0.25, 0.3) is 0 Å². The van der Waals surface area contributed by atoms with Gasteiger partial charge >= 0.3 is 5.97 Å². The molecule has 0 fully saturated rings. The van der Waals surface area contributed by atoms with Crippen LogP contribution in [0.3, 0.4) is 0 Å². The first kappa shape index (κ1) is 18.3. The Labute approximate surface area is 149 Å². The van der Waals surface area contributed by atoms with E-state index in [0.29, 0.717) is 19.3 Å². The second-order valence-corrected chi connectivity index (χ2v) is 8.26. The van der Waals surface area contributed by atoms with E-state index in [4.69, 9.17) is 16.3 Å². The largest absolute Gasteiger partial charge is 0.463 e. The van der Waals surface area contributed by atoms with Crippen LogP contribution in [0, 0.1) is 0 Å². The fourth-order valence-corrected chi connectivity index (χ4v) is 4.80. The lowest BCUT2D eigenvalue weighted by molar-refractivity contribution is -0.138. The Morgan fingerprint density at radius 3 is 2.87 bits per heavy atom. The summed E-state index contributed by atoms with van der Waals surface area (Å²) in [6, 6.07) is 4.86. The Balaban J connectivity index is 2.28. The topological polar surface area (TPSA) is 72.5 Å². The molecule has 0 radical (unpaired) electrons. The number of ether oxygens (including phenoxy) is 1. The molecule has 1 aliphatic carbocycles. The number of hydrogen-bond acceptors (Lipinski definition) is 4. The van der Waals surface area contributed by atoms with Gasteiger partial charge in [-0.3, -0.25) is 4.72 Å². The molecule has 8 heteroatoms. The van der Waals surface area contributed by atoms with Crippen LogP contribution in [0.25, 0.3) is 0 Å². The van der Waals surface area contributed by atoms with Crippen LogP contribution < -0.4 is 4.72 Å². The predicted octanol–water partition coefficient (Wildman–Crippen LogP) is 3.89. The van der Waals surface area contributed by atoms with Crippen molar-refractivity contribution in [1.82, 2.24) is 0 Å². The Hall–Kier alpha value is -1.05. The van der Waals surface area contributed by atoms with Gasteiger partial charge in [-0.05, 0) is 44.4 Å². The maximum atomic E-state index is 12.7. The Morgan fingerprint density at radius 1 is 1.48 bits per heavy atom. The molecule has 0 heterocycles. The molecule has 1 aromatic carbocycles. The fraction of sp³-hybridized carbons (Fsp3) is 0.400. The molecule has 1 unspecified atom stereocenters. The van der Waals surface area contributed by atoms with Crippen molar-refractivity contribution in [3.05, 3.63) is 39.3 Å². The van der Waals surface area contributed by atoms with E-state index in [1.165, 1.54) is 0 Å². The van der Waals surface area contributed by atoms with Crippen molar-refractivity contribution >= 4 is 49.2 Å². The number of allylic oxidation sites excluding steroid dienone is 1. The highest BCUT2D eigenvalue weighted by Crippen LogP contribution is 2.31. The molecule has 0 spiro atoms. The summed E-state index contributed by atoms with van der Waals surface area (Å²) in [6.07, 6.45) is 3.38. The normalized spacial score (nSPS) is 18.2. The number of nitrogens with one attached hydrogen (secondary N) is 1. The molecular formula is C15H17BrClNO4S. The van der Waals surface area contributed by atoms with Gasteiger partial charge in [-0.15, -0.1) is 0 Å². The maximum absolute atomic E-state index is 12.7. The first-order valence-electron chi connectivity index (χ1n) is 7.19. The summed E-state index contributed by atoms with van der Waals surface area (Å²) in [5.74, 6) is -0.579. The number of halogens is 2. The maximum Gasteiger partial charge on any atom is 0.335 e. The van der Waals surface area contributed by atoms with E-state index >= 15 is 0 Å². The van der Waals surface area contributed by atoms with Gasteiger partial charge in [0.1, 0.15) is 5.25 Å². The number of sulfonamides is 1. The summed E-state index contributed by atoms with van der Waals surface area (Å²) in [5, 5.41) is -0.657. The molecule has 0 aromatic heterocycles. The van der Waals surface area contributed by atoms with Crippen LogP contribution in [-0.2, 0) is 19.6 Å². The zero-order chi connectivity index (χ0) is 17.0. The molecule has 0 saturated heterocycles. The smallest absolute Gasteiger partial charge is 0.335 e. The van der Waals surface area contributed by atoms with Gasteiger partial charge in [0.15, 0.2) is 0 Å². The number of hydrogen-bond donors (Lipinski definition) is 1. The van der Waals surface area contributed by atoms with Gasteiger partial charge < -0.3 is 4.74 Å². The van der Waals surface area contributed by atoms with E-state index in [1.807, 2.05) is 0 Å². The van der Waals surface area contributed by atoms with E-state index in [1.54, 1.807) is 31.2 Å². The van der Waals surface area contributed by atoms with Crippen LogP contribution in [0.1, 0.15) is 26.2 Å². The molecule has 1 aromatic rings. The Kier molecular flexibility index (Phi) is 6.11. The van der Waals surface area contributed by atoms with Crippen LogP contribution in [0.2, 0.25) is 5.02 Å². The summed E-state index contributed by atoms with van der Waals surface area (Å²) in [6.45, 7) is 1.89. The molecule has 1 aliphatic rings. The standard InChI is InChI=1S/C15H17BrClNO4S/c1-2-22-15(19)11-5-3-4-6-14(11)23(20,21)18-13-8-7-10(16)9-12(13)17/h5,7-9,14,18H,2-4,6H2,1H3. The molecule has 0 aliphatic heterocycles. The number of carbonyl (C=O) groups excluding carboxylic acids is 1. The number of carbonyl (C=O) groups is 1. The number of anilines is 1. The van der Waals surface area contributed by atoms with Gasteiger partial charge in [-0.2, -0.15) is 0 Å². The molecule has 126 valence electrons. The lowest BCUT2D eigenvalue weighted by Crippen LogP contribution is -2.34. The predicted molar refractivity (Wildman–Crippen MR) is 94.0 cm³/mol. The Morgan fingerprint density at radius 2 is 2.22 bits per heavy atom. The molecule has 0 bridgehead atoms. The minimum atomic E-state index is -3.80. The molecule has 1 atom stereocenters. The molecule has 2 rings (SSSR count). The second kappa shape index (κ2) is 7.68. The summed E-state index contributed by atoms with van der Waals surface area (Å²) < 4.78 is 33.6. The average molecular weight is 423 g/mol. The van der Waals surface area contributed by atoms with E-state index in [9.17, 15) is 13.2 Å². The third-order valence-electron chi connectivity index (χ3n) is 3.45. The quantitative estimate of drug-likeness (QED) is 0.731.